The molecule has 0 saturated carbocycles. The Bertz CT molecular complexity index is 753. The summed E-state index contributed by atoms with van der Waals surface area (Å²) >= 11 is 6.08. The third kappa shape index (κ3) is 3.31. The van der Waals surface area contributed by atoms with Gasteiger partial charge in [-0.05, 0) is 31.6 Å². The molecule has 21 heavy (non-hydrogen) atoms. The third-order valence-corrected chi connectivity index (χ3v) is 3.53. The molecule has 1 heterocycles. The fourth-order valence-electron chi connectivity index (χ4n) is 2.23. The minimum Gasteiger partial charge on any atom is -0.342 e. The SMILES string of the molecule is C=CN=C/C(=C\C)Cn1cc(C(C)=O)c2ccc(Cl)cc21. The number of aromatic nitrogens is 1. The topological polar surface area (TPSA) is 34.4 Å². The van der Waals surface area contributed by atoms with E-state index in [2.05, 4.69) is 11.6 Å². The molecule has 2 rings (SSSR count). The van der Waals surface area contributed by atoms with Crippen molar-refractivity contribution in [2.24, 2.45) is 4.99 Å². The average Bonchev–Trinajstić information content (AvgIpc) is 2.81. The van der Waals surface area contributed by atoms with E-state index in [1.54, 1.807) is 19.2 Å². The third-order valence-electron chi connectivity index (χ3n) is 3.29. The molecule has 4 heteroatoms. The van der Waals surface area contributed by atoms with Gasteiger partial charge in [-0.1, -0.05) is 30.3 Å². The Hall–Kier alpha value is -2.13. The van der Waals surface area contributed by atoms with Crippen LogP contribution in [-0.4, -0.2) is 16.6 Å². The largest absolute Gasteiger partial charge is 0.342 e. The molecule has 0 bridgehead atoms. The standard InChI is InChI=1S/C17H17ClN2O/c1-4-13(9-19-5-2)10-20-11-16(12(3)21)15-7-6-14(18)8-17(15)20/h4-9,11H,2,10H2,1,3H3/b13-4+,19-9?. The maximum Gasteiger partial charge on any atom is 0.161 e. The van der Waals surface area contributed by atoms with Crippen LogP contribution in [0.3, 0.4) is 0 Å². The highest BCUT2D eigenvalue weighted by atomic mass is 35.5. The summed E-state index contributed by atoms with van der Waals surface area (Å²) in [6.07, 6.45) is 7.11. The maximum absolute atomic E-state index is 11.8. The Morgan fingerprint density at radius 2 is 2.24 bits per heavy atom. The molecule has 0 fully saturated rings. The normalized spacial score (nSPS) is 12.2. The first-order valence-electron chi connectivity index (χ1n) is 6.65. The van der Waals surface area contributed by atoms with Crippen molar-refractivity contribution in [1.82, 2.24) is 4.57 Å². The van der Waals surface area contributed by atoms with Crippen LogP contribution in [-0.2, 0) is 6.54 Å². The molecule has 0 aliphatic heterocycles. The zero-order valence-electron chi connectivity index (χ0n) is 12.1. The average molecular weight is 301 g/mol. The lowest BCUT2D eigenvalue weighted by atomic mass is 10.1. The molecule has 0 unspecified atom stereocenters. The van der Waals surface area contributed by atoms with Gasteiger partial charge in [0.05, 0.1) is 5.52 Å². The van der Waals surface area contributed by atoms with E-state index in [9.17, 15) is 4.79 Å². The first-order chi connectivity index (χ1) is 10.1. The molecule has 0 aliphatic rings. The summed E-state index contributed by atoms with van der Waals surface area (Å²) in [5.74, 6) is 0.0443. The van der Waals surface area contributed by atoms with Crippen LogP contribution in [0.15, 0.2) is 53.8 Å². The van der Waals surface area contributed by atoms with Gasteiger partial charge >= 0.3 is 0 Å². The smallest absolute Gasteiger partial charge is 0.161 e. The van der Waals surface area contributed by atoms with Crippen LogP contribution < -0.4 is 0 Å². The summed E-state index contributed by atoms with van der Waals surface area (Å²) in [4.78, 5) is 15.8. The summed E-state index contributed by atoms with van der Waals surface area (Å²) in [5.41, 5.74) is 2.68. The zero-order valence-corrected chi connectivity index (χ0v) is 12.9. The molecule has 2 aromatic rings. The minimum atomic E-state index is 0.0443. The van der Waals surface area contributed by atoms with Gasteiger partial charge in [0.1, 0.15) is 0 Å². The Morgan fingerprint density at radius 3 is 2.86 bits per heavy atom. The van der Waals surface area contributed by atoms with Crippen LogP contribution in [0, 0.1) is 0 Å². The van der Waals surface area contributed by atoms with Crippen LogP contribution in [0.5, 0.6) is 0 Å². The molecular weight excluding hydrogens is 284 g/mol. The summed E-state index contributed by atoms with van der Waals surface area (Å²) in [7, 11) is 0. The Labute approximate surface area is 129 Å². The van der Waals surface area contributed by atoms with Gasteiger partial charge in [-0.3, -0.25) is 9.79 Å². The van der Waals surface area contributed by atoms with Crippen LogP contribution in [0.4, 0.5) is 0 Å². The first kappa shape index (κ1) is 15.3. The number of nitrogens with zero attached hydrogens (tertiary/aromatic N) is 2. The number of hydrogen-bond acceptors (Lipinski definition) is 2. The molecule has 108 valence electrons. The van der Waals surface area contributed by atoms with Gasteiger partial charge in [0.25, 0.3) is 0 Å². The number of carbonyl (C=O) groups is 1. The Kier molecular flexibility index (Phi) is 4.76. The van der Waals surface area contributed by atoms with Crippen molar-refractivity contribution in [2.45, 2.75) is 20.4 Å². The van der Waals surface area contributed by atoms with Crippen molar-refractivity contribution < 1.29 is 4.79 Å². The van der Waals surface area contributed by atoms with Crippen molar-refractivity contribution in [3.05, 3.63) is 59.4 Å². The fraction of sp³-hybridized carbons (Fsp3) is 0.176. The second-order valence-corrected chi connectivity index (χ2v) is 5.15. The molecule has 1 aromatic carbocycles. The number of rotatable bonds is 5. The number of ketones is 1. The van der Waals surface area contributed by atoms with Crippen molar-refractivity contribution in [1.29, 1.82) is 0 Å². The van der Waals surface area contributed by atoms with Crippen molar-refractivity contribution in [2.75, 3.05) is 0 Å². The van der Waals surface area contributed by atoms with E-state index in [0.29, 0.717) is 17.1 Å². The lowest BCUT2D eigenvalue weighted by molar-refractivity contribution is 0.101. The predicted molar refractivity (Wildman–Crippen MR) is 89.4 cm³/mol. The van der Waals surface area contributed by atoms with Crippen molar-refractivity contribution in [3.63, 3.8) is 0 Å². The van der Waals surface area contributed by atoms with Gasteiger partial charge in [-0.25, -0.2) is 0 Å². The number of halogens is 1. The Morgan fingerprint density at radius 1 is 1.48 bits per heavy atom. The molecule has 0 atom stereocenters. The van der Waals surface area contributed by atoms with E-state index in [1.807, 2.05) is 35.9 Å². The predicted octanol–water partition coefficient (Wildman–Crippen LogP) is 4.66. The van der Waals surface area contributed by atoms with Gasteiger partial charge in [0.15, 0.2) is 5.78 Å². The molecule has 3 nitrogen and oxygen atoms in total. The molecule has 0 aliphatic carbocycles. The second kappa shape index (κ2) is 6.55. The molecule has 1 aromatic heterocycles. The molecule has 0 spiro atoms. The molecule has 0 amide bonds. The van der Waals surface area contributed by atoms with E-state index < -0.39 is 0 Å². The molecule has 0 radical (unpaired) electrons. The summed E-state index contributed by atoms with van der Waals surface area (Å²) in [5, 5.41) is 1.57. The number of benzene rings is 1. The first-order valence-corrected chi connectivity index (χ1v) is 7.03. The Balaban J connectivity index is 2.53. The number of Topliss-reactive ketones (excluding diaryl/α,β-unsaturated/α-hetero) is 1. The highest BCUT2D eigenvalue weighted by Gasteiger charge is 2.12. The highest BCUT2D eigenvalue weighted by molar-refractivity contribution is 6.31. The summed E-state index contributed by atoms with van der Waals surface area (Å²) in [6.45, 7) is 7.72. The number of hydrogen-bond donors (Lipinski definition) is 0. The van der Waals surface area contributed by atoms with Crippen LogP contribution >= 0.6 is 11.6 Å². The quantitative estimate of drug-likeness (QED) is 0.584. The molecule has 0 saturated heterocycles. The van der Waals surface area contributed by atoms with Gasteiger partial charge < -0.3 is 4.57 Å². The minimum absolute atomic E-state index is 0.0443. The van der Waals surface area contributed by atoms with Gasteiger partial charge in [-0.2, -0.15) is 0 Å². The molecule has 0 N–H and O–H groups in total. The maximum atomic E-state index is 11.8. The highest BCUT2D eigenvalue weighted by Crippen LogP contribution is 2.26. The van der Waals surface area contributed by atoms with Gasteiger partial charge in [-0.15, -0.1) is 0 Å². The number of aliphatic imine (C=N–C) groups is 1. The lowest BCUT2D eigenvalue weighted by Crippen LogP contribution is -2.01. The zero-order chi connectivity index (χ0) is 15.4. The van der Waals surface area contributed by atoms with E-state index >= 15 is 0 Å². The van der Waals surface area contributed by atoms with Gasteiger partial charge in [0, 0.05) is 41.1 Å². The van der Waals surface area contributed by atoms with E-state index in [4.69, 9.17) is 11.6 Å². The number of allylic oxidation sites excluding steroid dienone is 2. The number of carbonyl (C=O) groups excluding carboxylic acids is 1. The second-order valence-electron chi connectivity index (χ2n) is 4.71. The fourth-order valence-corrected chi connectivity index (χ4v) is 2.39. The van der Waals surface area contributed by atoms with E-state index in [-0.39, 0.29) is 5.78 Å². The van der Waals surface area contributed by atoms with E-state index in [0.717, 1.165) is 16.5 Å². The molecular formula is C17H17ClN2O. The van der Waals surface area contributed by atoms with Crippen molar-refractivity contribution >= 4 is 34.5 Å². The van der Waals surface area contributed by atoms with E-state index in [1.165, 1.54) is 6.20 Å². The van der Waals surface area contributed by atoms with Crippen LogP contribution in [0.2, 0.25) is 5.02 Å². The summed E-state index contributed by atoms with van der Waals surface area (Å²) in [6, 6.07) is 5.57. The van der Waals surface area contributed by atoms with Gasteiger partial charge in [0.2, 0.25) is 0 Å². The van der Waals surface area contributed by atoms with Crippen molar-refractivity contribution in [3.8, 4) is 0 Å². The summed E-state index contributed by atoms with van der Waals surface area (Å²) < 4.78 is 2.02. The monoisotopic (exact) mass is 300 g/mol. The lowest BCUT2D eigenvalue weighted by Gasteiger charge is -2.06. The van der Waals surface area contributed by atoms with Crippen LogP contribution in [0.1, 0.15) is 24.2 Å². The number of fused-ring (bicyclic) bond motifs is 1. The van der Waals surface area contributed by atoms with Crippen LogP contribution in [0.25, 0.3) is 10.9 Å².